The van der Waals surface area contributed by atoms with Crippen molar-refractivity contribution in [3.63, 3.8) is 0 Å². The average Bonchev–Trinajstić information content (AvgIpc) is 2.75. The van der Waals surface area contributed by atoms with Crippen molar-refractivity contribution in [3.05, 3.63) is 42.2 Å². The van der Waals surface area contributed by atoms with Crippen LogP contribution >= 0.6 is 0 Å². The van der Waals surface area contributed by atoms with Gasteiger partial charge >= 0.3 is 5.97 Å². The van der Waals surface area contributed by atoms with Gasteiger partial charge in [0.05, 0.1) is 0 Å². The van der Waals surface area contributed by atoms with Crippen molar-refractivity contribution < 1.29 is 9.53 Å². The number of nitrogens with zero attached hydrogens (tertiary/aromatic N) is 1. The Morgan fingerprint density at radius 3 is 2.03 bits per heavy atom. The van der Waals surface area contributed by atoms with Crippen molar-refractivity contribution in [2.45, 2.75) is 116 Å². The van der Waals surface area contributed by atoms with E-state index in [4.69, 9.17) is 4.74 Å². The summed E-state index contributed by atoms with van der Waals surface area (Å²) in [5.74, 6) is -0.122. The molecule has 0 saturated heterocycles. The van der Waals surface area contributed by atoms with Crippen LogP contribution in [0.1, 0.15) is 115 Å². The highest BCUT2D eigenvalue weighted by Gasteiger charge is 2.02. The van der Waals surface area contributed by atoms with Crippen LogP contribution in [0.3, 0.4) is 0 Å². The van der Waals surface area contributed by atoms with Crippen LogP contribution in [0, 0.1) is 0 Å². The lowest BCUT2D eigenvalue weighted by Crippen LogP contribution is -2.04. The van der Waals surface area contributed by atoms with Crippen molar-refractivity contribution in [3.8, 4) is 0 Å². The first-order valence-corrected chi connectivity index (χ1v) is 12.0. The highest BCUT2D eigenvalue weighted by molar-refractivity contribution is 5.69. The number of aromatic nitrogens is 1. The summed E-state index contributed by atoms with van der Waals surface area (Å²) >= 11 is 0. The van der Waals surface area contributed by atoms with Gasteiger partial charge in [-0.25, -0.2) is 0 Å². The third kappa shape index (κ3) is 17.0. The molecule has 0 radical (unpaired) electrons. The Kier molecular flexibility index (Phi) is 17.2. The van der Waals surface area contributed by atoms with Crippen LogP contribution < -0.4 is 0 Å². The summed E-state index contributed by atoms with van der Waals surface area (Å²) in [7, 11) is 0. The molecule has 0 aromatic carbocycles. The monoisotopic (exact) mass is 401 g/mol. The maximum absolute atomic E-state index is 11.7. The lowest BCUT2D eigenvalue weighted by atomic mass is 10.0. The number of unbranched alkanes of at least 4 members (excludes halogenated alkanes) is 13. The number of allylic oxidation sites excluding steroid dienone is 2. The largest absolute Gasteiger partial charge is 0.461 e. The fraction of sp³-hybridized carbons (Fsp3) is 0.692. The van der Waals surface area contributed by atoms with Gasteiger partial charge in [0, 0.05) is 24.4 Å². The molecule has 0 atom stereocenters. The fourth-order valence-electron chi connectivity index (χ4n) is 3.42. The fourth-order valence-corrected chi connectivity index (χ4v) is 3.42. The van der Waals surface area contributed by atoms with Gasteiger partial charge in [-0.1, -0.05) is 95.8 Å². The van der Waals surface area contributed by atoms with Gasteiger partial charge in [-0.2, -0.15) is 0 Å². The number of rotatable bonds is 19. The quantitative estimate of drug-likeness (QED) is 0.134. The van der Waals surface area contributed by atoms with Crippen LogP contribution in [0.4, 0.5) is 0 Å². The SMILES string of the molecule is CCCCCCCCCCCCCC/C=C\CCCC(=O)OCc1cccnc1. The lowest BCUT2D eigenvalue weighted by Gasteiger charge is -2.03. The maximum Gasteiger partial charge on any atom is 0.306 e. The van der Waals surface area contributed by atoms with Crippen molar-refractivity contribution in [1.82, 2.24) is 4.98 Å². The van der Waals surface area contributed by atoms with E-state index >= 15 is 0 Å². The number of pyridine rings is 1. The molecule has 0 amide bonds. The van der Waals surface area contributed by atoms with Crippen LogP contribution in [0.5, 0.6) is 0 Å². The zero-order valence-corrected chi connectivity index (χ0v) is 18.7. The summed E-state index contributed by atoms with van der Waals surface area (Å²) in [6.07, 6.45) is 28.2. The molecule has 3 nitrogen and oxygen atoms in total. The van der Waals surface area contributed by atoms with E-state index in [1.165, 1.54) is 83.5 Å². The number of hydrogen-bond acceptors (Lipinski definition) is 3. The van der Waals surface area contributed by atoms with Gasteiger partial charge in [0.1, 0.15) is 6.61 Å². The Labute approximate surface area is 179 Å². The minimum atomic E-state index is -0.122. The Morgan fingerprint density at radius 1 is 0.862 bits per heavy atom. The second kappa shape index (κ2) is 19.7. The topological polar surface area (TPSA) is 39.2 Å². The summed E-state index contributed by atoms with van der Waals surface area (Å²) in [5.41, 5.74) is 0.933. The van der Waals surface area contributed by atoms with Crippen molar-refractivity contribution in [1.29, 1.82) is 0 Å². The predicted octanol–water partition coefficient (Wildman–Crippen LogP) is 7.94. The second-order valence-corrected chi connectivity index (χ2v) is 8.06. The summed E-state index contributed by atoms with van der Waals surface area (Å²) in [6, 6.07) is 3.77. The lowest BCUT2D eigenvalue weighted by molar-refractivity contribution is -0.145. The standard InChI is InChI=1S/C26H43NO2/c1-2-3-4-5-6-7-8-9-10-11-12-13-14-15-16-17-18-21-26(28)29-24-25-20-19-22-27-23-25/h15-16,19-20,22-23H,2-14,17-18,21,24H2,1H3/b16-15-. The van der Waals surface area contributed by atoms with Crippen LogP contribution in [0.2, 0.25) is 0 Å². The molecule has 1 rings (SSSR count). The van der Waals surface area contributed by atoms with E-state index in [0.717, 1.165) is 18.4 Å². The van der Waals surface area contributed by atoms with E-state index in [1.54, 1.807) is 12.4 Å². The van der Waals surface area contributed by atoms with E-state index in [0.29, 0.717) is 13.0 Å². The maximum atomic E-state index is 11.7. The number of carbonyl (C=O) groups is 1. The first-order valence-electron chi connectivity index (χ1n) is 12.0. The molecule has 29 heavy (non-hydrogen) atoms. The van der Waals surface area contributed by atoms with Crippen molar-refractivity contribution in [2.24, 2.45) is 0 Å². The first kappa shape index (κ1) is 25.4. The van der Waals surface area contributed by atoms with E-state index in [-0.39, 0.29) is 5.97 Å². The normalized spacial score (nSPS) is 11.2. The second-order valence-electron chi connectivity index (χ2n) is 8.06. The molecule has 0 aliphatic rings. The molecule has 0 aliphatic heterocycles. The molecule has 0 unspecified atom stereocenters. The highest BCUT2D eigenvalue weighted by atomic mass is 16.5. The predicted molar refractivity (Wildman–Crippen MR) is 123 cm³/mol. The Morgan fingerprint density at radius 2 is 1.45 bits per heavy atom. The summed E-state index contributed by atoms with van der Waals surface area (Å²) < 4.78 is 5.25. The van der Waals surface area contributed by atoms with Crippen LogP contribution in [-0.2, 0) is 16.1 Å². The molecule has 0 bridgehead atoms. The third-order valence-electron chi connectivity index (χ3n) is 5.27. The first-order chi connectivity index (χ1) is 14.3. The number of carbonyl (C=O) groups excluding carboxylic acids is 1. The van der Waals surface area contributed by atoms with Gasteiger partial charge < -0.3 is 4.74 Å². The number of hydrogen-bond donors (Lipinski definition) is 0. The van der Waals surface area contributed by atoms with Gasteiger partial charge in [-0.15, -0.1) is 0 Å². The van der Waals surface area contributed by atoms with Crippen LogP contribution in [0.15, 0.2) is 36.7 Å². The molecular weight excluding hydrogens is 358 g/mol. The molecule has 1 aromatic rings. The van der Waals surface area contributed by atoms with Crippen molar-refractivity contribution in [2.75, 3.05) is 0 Å². The van der Waals surface area contributed by atoms with Gasteiger partial charge in [-0.05, 0) is 31.7 Å². The zero-order valence-electron chi connectivity index (χ0n) is 18.7. The molecule has 1 aromatic heterocycles. The van der Waals surface area contributed by atoms with E-state index in [2.05, 4.69) is 24.1 Å². The van der Waals surface area contributed by atoms with E-state index in [1.807, 2.05) is 12.1 Å². The van der Waals surface area contributed by atoms with Gasteiger partial charge in [0.2, 0.25) is 0 Å². The van der Waals surface area contributed by atoms with E-state index in [9.17, 15) is 4.79 Å². The van der Waals surface area contributed by atoms with Gasteiger partial charge in [0.15, 0.2) is 0 Å². The Bertz CT molecular complexity index is 513. The van der Waals surface area contributed by atoms with E-state index < -0.39 is 0 Å². The summed E-state index contributed by atoms with van der Waals surface area (Å²) in [5, 5.41) is 0. The minimum absolute atomic E-state index is 0.122. The summed E-state index contributed by atoms with van der Waals surface area (Å²) in [4.78, 5) is 15.7. The third-order valence-corrected chi connectivity index (χ3v) is 5.27. The highest BCUT2D eigenvalue weighted by Crippen LogP contribution is 2.12. The smallest absolute Gasteiger partial charge is 0.306 e. The Hall–Kier alpha value is -1.64. The number of esters is 1. The molecule has 0 aliphatic carbocycles. The number of ether oxygens (including phenoxy) is 1. The molecule has 0 N–H and O–H groups in total. The Balaban J connectivity index is 1.79. The molecular formula is C26H43NO2. The molecule has 1 heterocycles. The molecule has 3 heteroatoms. The zero-order chi connectivity index (χ0) is 20.8. The molecule has 164 valence electrons. The molecule has 0 saturated carbocycles. The van der Waals surface area contributed by atoms with Crippen LogP contribution in [-0.4, -0.2) is 11.0 Å². The van der Waals surface area contributed by atoms with Gasteiger partial charge in [-0.3, -0.25) is 9.78 Å². The van der Waals surface area contributed by atoms with Gasteiger partial charge in [0.25, 0.3) is 0 Å². The van der Waals surface area contributed by atoms with Crippen LogP contribution in [0.25, 0.3) is 0 Å². The minimum Gasteiger partial charge on any atom is -0.461 e. The summed E-state index contributed by atoms with van der Waals surface area (Å²) in [6.45, 7) is 2.60. The van der Waals surface area contributed by atoms with Crippen molar-refractivity contribution >= 4 is 5.97 Å². The molecule has 0 fully saturated rings. The molecule has 0 spiro atoms. The average molecular weight is 402 g/mol.